The second-order valence-corrected chi connectivity index (χ2v) is 6.23. The Balaban J connectivity index is 2.10. The molecular formula is C13H9BrFN3OS. The van der Waals surface area contributed by atoms with Gasteiger partial charge in [0.25, 0.3) is 0 Å². The third-order valence-corrected chi connectivity index (χ3v) is 4.16. The molecule has 3 aromatic rings. The van der Waals surface area contributed by atoms with Gasteiger partial charge in [0.1, 0.15) is 16.4 Å². The molecule has 20 heavy (non-hydrogen) atoms. The lowest BCUT2D eigenvalue weighted by atomic mass is 10.3. The first-order chi connectivity index (χ1) is 9.52. The van der Waals surface area contributed by atoms with Crippen LogP contribution in [0.1, 0.15) is 4.88 Å². The number of aryl methyl sites for hydroxylation is 1. The standard InChI is InChI=1S/C13H9BrFN3OS/c1-6-4-8-11(17-13(16)18-12(8)20-6)19-10-3-2-7(15)5-9(10)14/h2-5H,1H3,(H2,16,17,18). The van der Waals surface area contributed by atoms with Crippen molar-refractivity contribution < 1.29 is 9.13 Å². The third-order valence-electron chi connectivity index (χ3n) is 2.60. The first-order valence-electron chi connectivity index (χ1n) is 5.69. The lowest BCUT2D eigenvalue weighted by Crippen LogP contribution is -1.97. The van der Waals surface area contributed by atoms with Gasteiger partial charge in [-0.1, -0.05) is 0 Å². The van der Waals surface area contributed by atoms with E-state index < -0.39 is 0 Å². The van der Waals surface area contributed by atoms with Crippen LogP contribution in [0.5, 0.6) is 11.6 Å². The van der Waals surface area contributed by atoms with Gasteiger partial charge in [-0.2, -0.15) is 4.98 Å². The Morgan fingerprint density at radius 1 is 1.30 bits per heavy atom. The Hall–Kier alpha value is -1.73. The second kappa shape index (κ2) is 4.99. The molecule has 0 bridgehead atoms. The van der Waals surface area contributed by atoms with Crippen molar-refractivity contribution in [2.45, 2.75) is 6.92 Å². The number of hydrogen-bond donors (Lipinski definition) is 1. The van der Waals surface area contributed by atoms with Crippen molar-refractivity contribution >= 4 is 43.4 Å². The smallest absolute Gasteiger partial charge is 0.232 e. The van der Waals surface area contributed by atoms with E-state index in [0.717, 1.165) is 15.1 Å². The van der Waals surface area contributed by atoms with Gasteiger partial charge in [-0.3, -0.25) is 0 Å². The monoisotopic (exact) mass is 353 g/mol. The number of benzene rings is 1. The highest BCUT2D eigenvalue weighted by Crippen LogP contribution is 2.35. The van der Waals surface area contributed by atoms with E-state index in [4.69, 9.17) is 10.5 Å². The predicted molar refractivity (Wildman–Crippen MR) is 80.7 cm³/mol. The Labute approximate surface area is 126 Å². The van der Waals surface area contributed by atoms with E-state index >= 15 is 0 Å². The highest BCUT2D eigenvalue weighted by molar-refractivity contribution is 9.10. The number of nitrogen functional groups attached to an aromatic ring is 1. The molecule has 0 saturated heterocycles. The molecule has 0 saturated carbocycles. The average Bonchev–Trinajstić information content (AvgIpc) is 2.73. The largest absolute Gasteiger partial charge is 0.437 e. The number of halogens is 2. The Kier molecular flexibility index (Phi) is 3.31. The maximum atomic E-state index is 13.1. The molecule has 2 N–H and O–H groups in total. The molecule has 3 rings (SSSR count). The van der Waals surface area contributed by atoms with E-state index in [0.29, 0.717) is 16.1 Å². The molecule has 4 nitrogen and oxygen atoms in total. The zero-order valence-corrected chi connectivity index (χ0v) is 12.8. The minimum atomic E-state index is -0.344. The molecule has 0 aliphatic rings. The van der Waals surface area contributed by atoms with Crippen molar-refractivity contribution in [1.29, 1.82) is 0 Å². The van der Waals surface area contributed by atoms with Gasteiger partial charge in [0.2, 0.25) is 11.8 Å². The van der Waals surface area contributed by atoms with Crippen LogP contribution < -0.4 is 10.5 Å². The van der Waals surface area contributed by atoms with Gasteiger partial charge in [-0.05, 0) is 47.1 Å². The fourth-order valence-electron chi connectivity index (χ4n) is 1.77. The molecule has 0 aliphatic carbocycles. The fraction of sp³-hybridized carbons (Fsp3) is 0.0769. The zero-order valence-electron chi connectivity index (χ0n) is 10.4. The van der Waals surface area contributed by atoms with Gasteiger partial charge in [-0.15, -0.1) is 11.3 Å². The van der Waals surface area contributed by atoms with Crippen LogP contribution in [0.2, 0.25) is 0 Å². The number of fused-ring (bicyclic) bond motifs is 1. The van der Waals surface area contributed by atoms with Crippen LogP contribution in [0.15, 0.2) is 28.7 Å². The van der Waals surface area contributed by atoms with Gasteiger partial charge in [-0.25, -0.2) is 9.37 Å². The van der Waals surface area contributed by atoms with E-state index in [1.54, 1.807) is 0 Å². The van der Waals surface area contributed by atoms with Gasteiger partial charge < -0.3 is 10.5 Å². The summed E-state index contributed by atoms with van der Waals surface area (Å²) in [7, 11) is 0. The SMILES string of the molecule is Cc1cc2c(Oc3ccc(F)cc3Br)nc(N)nc2s1. The summed E-state index contributed by atoms with van der Waals surface area (Å²) in [4.78, 5) is 10.1. The first-order valence-corrected chi connectivity index (χ1v) is 7.30. The van der Waals surface area contributed by atoms with E-state index in [9.17, 15) is 4.39 Å². The summed E-state index contributed by atoms with van der Waals surface area (Å²) in [6.45, 7) is 1.97. The Morgan fingerprint density at radius 2 is 2.10 bits per heavy atom. The summed E-state index contributed by atoms with van der Waals surface area (Å²) in [5, 5.41) is 0.790. The van der Waals surface area contributed by atoms with Gasteiger partial charge in [0.15, 0.2) is 0 Å². The molecule has 102 valence electrons. The molecule has 7 heteroatoms. The van der Waals surface area contributed by atoms with Gasteiger partial charge >= 0.3 is 0 Å². The number of anilines is 1. The Morgan fingerprint density at radius 3 is 2.85 bits per heavy atom. The molecule has 2 heterocycles. The van der Waals surface area contributed by atoms with Crippen molar-refractivity contribution in [2.24, 2.45) is 0 Å². The highest BCUT2D eigenvalue weighted by atomic mass is 79.9. The summed E-state index contributed by atoms with van der Waals surface area (Å²) in [5.74, 6) is 0.634. The minimum absolute atomic E-state index is 0.146. The molecule has 0 spiro atoms. The van der Waals surface area contributed by atoms with Crippen molar-refractivity contribution in [3.63, 3.8) is 0 Å². The van der Waals surface area contributed by atoms with Crippen LogP contribution in [-0.4, -0.2) is 9.97 Å². The van der Waals surface area contributed by atoms with Crippen LogP contribution in [0.4, 0.5) is 10.3 Å². The van der Waals surface area contributed by atoms with Crippen LogP contribution in [-0.2, 0) is 0 Å². The molecule has 1 aromatic carbocycles. The lowest BCUT2D eigenvalue weighted by molar-refractivity contribution is 0.464. The molecule has 0 unspecified atom stereocenters. The van der Waals surface area contributed by atoms with Crippen LogP contribution in [0.25, 0.3) is 10.2 Å². The molecule has 0 atom stereocenters. The summed E-state index contributed by atoms with van der Waals surface area (Å²) >= 11 is 4.77. The summed E-state index contributed by atoms with van der Waals surface area (Å²) in [5.41, 5.74) is 5.68. The lowest BCUT2D eigenvalue weighted by Gasteiger charge is -2.08. The zero-order chi connectivity index (χ0) is 14.3. The molecule has 0 fully saturated rings. The number of ether oxygens (including phenoxy) is 1. The average molecular weight is 354 g/mol. The quantitative estimate of drug-likeness (QED) is 0.746. The Bertz CT molecular complexity index is 806. The van der Waals surface area contributed by atoms with E-state index in [-0.39, 0.29) is 11.8 Å². The molecule has 0 aliphatic heterocycles. The summed E-state index contributed by atoms with van der Waals surface area (Å²) < 4.78 is 19.3. The predicted octanol–water partition coefficient (Wildman–Crippen LogP) is 4.28. The topological polar surface area (TPSA) is 61.0 Å². The normalized spacial score (nSPS) is 10.9. The van der Waals surface area contributed by atoms with Gasteiger partial charge in [0, 0.05) is 4.88 Å². The molecule has 0 amide bonds. The number of nitrogens with two attached hydrogens (primary N) is 1. The van der Waals surface area contributed by atoms with E-state index in [2.05, 4.69) is 25.9 Å². The second-order valence-electron chi connectivity index (χ2n) is 4.14. The van der Waals surface area contributed by atoms with Crippen molar-refractivity contribution in [1.82, 2.24) is 9.97 Å². The highest BCUT2D eigenvalue weighted by Gasteiger charge is 2.13. The van der Waals surface area contributed by atoms with Crippen molar-refractivity contribution in [3.05, 3.63) is 39.4 Å². The van der Waals surface area contributed by atoms with E-state index in [1.807, 2.05) is 13.0 Å². The van der Waals surface area contributed by atoms with Gasteiger partial charge in [0.05, 0.1) is 9.86 Å². The minimum Gasteiger partial charge on any atom is -0.437 e. The third kappa shape index (κ3) is 2.46. The first kappa shape index (κ1) is 13.3. The summed E-state index contributed by atoms with van der Waals surface area (Å²) in [6.07, 6.45) is 0. The van der Waals surface area contributed by atoms with Crippen LogP contribution >= 0.6 is 27.3 Å². The number of thiophene rings is 1. The van der Waals surface area contributed by atoms with Crippen LogP contribution in [0, 0.1) is 12.7 Å². The number of rotatable bonds is 2. The molecule has 0 radical (unpaired) electrons. The van der Waals surface area contributed by atoms with Crippen molar-refractivity contribution in [2.75, 3.05) is 5.73 Å². The fourth-order valence-corrected chi connectivity index (χ4v) is 3.08. The number of aromatic nitrogens is 2. The number of nitrogens with zero attached hydrogens (tertiary/aromatic N) is 2. The maximum Gasteiger partial charge on any atom is 0.232 e. The summed E-state index contributed by atoms with van der Waals surface area (Å²) in [6, 6.07) is 6.12. The van der Waals surface area contributed by atoms with E-state index in [1.165, 1.54) is 29.5 Å². The number of hydrogen-bond acceptors (Lipinski definition) is 5. The molecule has 2 aromatic heterocycles. The molecular weight excluding hydrogens is 345 g/mol. The van der Waals surface area contributed by atoms with Crippen LogP contribution in [0.3, 0.4) is 0 Å². The van der Waals surface area contributed by atoms with Crippen molar-refractivity contribution in [3.8, 4) is 11.6 Å². The maximum absolute atomic E-state index is 13.1.